The molecule has 2 N–H and O–H groups in total. The molecule has 4 heteroatoms. The normalized spacial score (nSPS) is 15.4. The average Bonchev–Trinajstić information content (AvgIpc) is 2.72. The molecular weight excluding hydrogens is 202 g/mol. The smallest absolute Gasteiger partial charge is 0.0952 e. The zero-order valence-corrected chi connectivity index (χ0v) is 10.7. The molecule has 1 aromatic heterocycles. The maximum absolute atomic E-state index is 6.07. The molecular formula is C12H23N3O. The topological polar surface area (TPSA) is 53.1 Å². The molecule has 0 aliphatic carbocycles. The predicted molar refractivity (Wildman–Crippen MR) is 65.2 cm³/mol. The van der Waals surface area contributed by atoms with Gasteiger partial charge in [-0.3, -0.25) is 0 Å². The highest BCUT2D eigenvalue weighted by atomic mass is 16.5. The Bertz CT molecular complexity index is 309. The monoisotopic (exact) mass is 225 g/mol. The summed E-state index contributed by atoms with van der Waals surface area (Å²) in [4.78, 5) is 4.20. The molecule has 2 atom stereocenters. The summed E-state index contributed by atoms with van der Waals surface area (Å²) < 4.78 is 7.42. The molecule has 0 bridgehead atoms. The Kier molecular flexibility index (Phi) is 4.96. The molecule has 1 unspecified atom stereocenters. The maximum Gasteiger partial charge on any atom is 0.0952 e. The third-order valence-corrected chi connectivity index (χ3v) is 2.98. The van der Waals surface area contributed by atoms with Gasteiger partial charge in [0.1, 0.15) is 0 Å². The van der Waals surface area contributed by atoms with E-state index in [0.29, 0.717) is 18.6 Å². The number of hydrogen-bond acceptors (Lipinski definition) is 3. The third kappa shape index (κ3) is 2.83. The van der Waals surface area contributed by atoms with Crippen molar-refractivity contribution in [2.24, 2.45) is 11.7 Å². The fourth-order valence-electron chi connectivity index (χ4n) is 1.85. The van der Waals surface area contributed by atoms with Crippen LogP contribution in [-0.2, 0) is 4.74 Å². The van der Waals surface area contributed by atoms with Gasteiger partial charge in [0, 0.05) is 19.3 Å². The number of nitrogens with two attached hydrogens (primary N) is 1. The van der Waals surface area contributed by atoms with Crippen molar-refractivity contribution < 1.29 is 4.74 Å². The van der Waals surface area contributed by atoms with Gasteiger partial charge < -0.3 is 15.0 Å². The number of imidazole rings is 1. The van der Waals surface area contributed by atoms with Gasteiger partial charge in [0.2, 0.25) is 0 Å². The van der Waals surface area contributed by atoms with Gasteiger partial charge in [0.05, 0.1) is 24.7 Å². The number of hydrogen-bond donors (Lipinski definition) is 1. The molecule has 0 spiro atoms. The van der Waals surface area contributed by atoms with Gasteiger partial charge in [-0.1, -0.05) is 20.8 Å². The summed E-state index contributed by atoms with van der Waals surface area (Å²) in [5.74, 6) is 0.497. The summed E-state index contributed by atoms with van der Waals surface area (Å²) in [6.45, 7) is 7.15. The molecule has 0 saturated carbocycles. The fourth-order valence-corrected chi connectivity index (χ4v) is 1.85. The molecule has 16 heavy (non-hydrogen) atoms. The van der Waals surface area contributed by atoms with Crippen LogP contribution in [0.4, 0.5) is 0 Å². The summed E-state index contributed by atoms with van der Waals surface area (Å²) in [6, 6.07) is 0.362. The van der Waals surface area contributed by atoms with E-state index in [0.717, 1.165) is 12.1 Å². The molecule has 0 aromatic carbocycles. The number of methoxy groups -OCH3 is 1. The first-order valence-electron chi connectivity index (χ1n) is 5.88. The van der Waals surface area contributed by atoms with Gasteiger partial charge in [-0.2, -0.15) is 0 Å². The molecule has 0 saturated heterocycles. The van der Waals surface area contributed by atoms with Crippen molar-refractivity contribution in [2.45, 2.75) is 39.3 Å². The summed E-state index contributed by atoms with van der Waals surface area (Å²) in [6.07, 6.45) is 4.64. The van der Waals surface area contributed by atoms with Crippen molar-refractivity contribution in [3.05, 3.63) is 18.2 Å². The van der Waals surface area contributed by atoms with Gasteiger partial charge in [-0.25, -0.2) is 4.98 Å². The van der Waals surface area contributed by atoms with E-state index in [1.807, 2.05) is 12.5 Å². The van der Waals surface area contributed by atoms with Crippen molar-refractivity contribution >= 4 is 0 Å². The lowest BCUT2D eigenvalue weighted by atomic mass is 10.0. The van der Waals surface area contributed by atoms with Crippen LogP contribution in [0.15, 0.2) is 12.5 Å². The highest BCUT2D eigenvalue weighted by Gasteiger charge is 2.20. The van der Waals surface area contributed by atoms with Crippen molar-refractivity contribution in [3.8, 4) is 0 Å². The summed E-state index contributed by atoms with van der Waals surface area (Å²) in [5.41, 5.74) is 7.17. The Morgan fingerprint density at radius 3 is 2.69 bits per heavy atom. The van der Waals surface area contributed by atoms with E-state index in [1.165, 1.54) is 0 Å². The number of ether oxygens (including phenoxy) is 1. The second kappa shape index (κ2) is 6.01. The van der Waals surface area contributed by atoms with Crippen LogP contribution in [0, 0.1) is 5.92 Å². The standard InChI is InChI=1S/C12H23N3O/c1-5-10(13)11-6-14-8-15(11)12(7-16-4)9(2)3/h6,8-10,12H,5,7,13H2,1-4H3/t10-,12?/m1/s1. The van der Waals surface area contributed by atoms with E-state index in [4.69, 9.17) is 10.5 Å². The highest BCUT2D eigenvalue weighted by molar-refractivity contribution is 5.06. The molecule has 0 aliphatic heterocycles. The van der Waals surface area contributed by atoms with Crippen LogP contribution >= 0.6 is 0 Å². The summed E-state index contributed by atoms with van der Waals surface area (Å²) >= 11 is 0. The first-order valence-corrected chi connectivity index (χ1v) is 5.88. The quantitative estimate of drug-likeness (QED) is 0.807. The number of aromatic nitrogens is 2. The van der Waals surface area contributed by atoms with Gasteiger partial charge >= 0.3 is 0 Å². The Balaban J connectivity index is 2.95. The lowest BCUT2D eigenvalue weighted by Gasteiger charge is -2.25. The van der Waals surface area contributed by atoms with Gasteiger partial charge in [0.15, 0.2) is 0 Å². The molecule has 1 aromatic rings. The van der Waals surface area contributed by atoms with Crippen molar-refractivity contribution in [1.82, 2.24) is 9.55 Å². The molecule has 0 aliphatic rings. The van der Waals surface area contributed by atoms with Gasteiger partial charge in [-0.15, -0.1) is 0 Å². The third-order valence-electron chi connectivity index (χ3n) is 2.98. The minimum absolute atomic E-state index is 0.0561. The van der Waals surface area contributed by atoms with Crippen LogP contribution < -0.4 is 5.73 Å². The highest BCUT2D eigenvalue weighted by Crippen LogP contribution is 2.23. The second-order valence-electron chi connectivity index (χ2n) is 4.51. The molecule has 0 fully saturated rings. The minimum atomic E-state index is 0.0561. The first-order chi connectivity index (χ1) is 7.61. The van der Waals surface area contributed by atoms with Crippen LogP contribution in [0.5, 0.6) is 0 Å². The predicted octanol–water partition coefficient (Wildman–Crippen LogP) is 2.14. The summed E-state index contributed by atoms with van der Waals surface area (Å²) in [5, 5.41) is 0. The lowest BCUT2D eigenvalue weighted by molar-refractivity contribution is 0.131. The van der Waals surface area contributed by atoms with Crippen LogP contribution in [-0.4, -0.2) is 23.3 Å². The Morgan fingerprint density at radius 2 is 2.19 bits per heavy atom. The van der Waals surface area contributed by atoms with Gasteiger partial charge in [-0.05, 0) is 12.3 Å². The molecule has 0 amide bonds. The molecule has 1 rings (SSSR count). The molecule has 0 radical (unpaired) electrons. The molecule has 4 nitrogen and oxygen atoms in total. The van der Waals surface area contributed by atoms with E-state index in [9.17, 15) is 0 Å². The zero-order chi connectivity index (χ0) is 12.1. The number of nitrogens with zero attached hydrogens (tertiary/aromatic N) is 2. The second-order valence-corrected chi connectivity index (χ2v) is 4.51. The van der Waals surface area contributed by atoms with Crippen LogP contribution in [0.3, 0.4) is 0 Å². The largest absolute Gasteiger partial charge is 0.383 e. The lowest BCUT2D eigenvalue weighted by Crippen LogP contribution is -2.24. The van der Waals surface area contributed by atoms with Gasteiger partial charge in [0.25, 0.3) is 0 Å². The number of rotatable bonds is 6. The Morgan fingerprint density at radius 1 is 1.50 bits per heavy atom. The van der Waals surface area contributed by atoms with E-state index in [2.05, 4.69) is 30.3 Å². The zero-order valence-electron chi connectivity index (χ0n) is 10.7. The summed E-state index contributed by atoms with van der Waals surface area (Å²) in [7, 11) is 1.73. The SMILES string of the molecule is CC[C@@H](N)c1cncn1C(COC)C(C)C. The van der Waals surface area contributed by atoms with E-state index in [-0.39, 0.29) is 6.04 Å². The van der Waals surface area contributed by atoms with Crippen molar-refractivity contribution in [3.63, 3.8) is 0 Å². The Hall–Kier alpha value is -0.870. The fraction of sp³-hybridized carbons (Fsp3) is 0.750. The van der Waals surface area contributed by atoms with E-state index < -0.39 is 0 Å². The van der Waals surface area contributed by atoms with Crippen molar-refractivity contribution in [2.75, 3.05) is 13.7 Å². The average molecular weight is 225 g/mol. The van der Waals surface area contributed by atoms with Crippen LogP contribution in [0.25, 0.3) is 0 Å². The van der Waals surface area contributed by atoms with Crippen LogP contribution in [0.1, 0.15) is 45.0 Å². The van der Waals surface area contributed by atoms with E-state index >= 15 is 0 Å². The van der Waals surface area contributed by atoms with Crippen molar-refractivity contribution in [1.29, 1.82) is 0 Å². The van der Waals surface area contributed by atoms with E-state index in [1.54, 1.807) is 7.11 Å². The molecule has 1 heterocycles. The molecule has 92 valence electrons. The first kappa shape index (κ1) is 13.2. The Labute approximate surface area is 97.8 Å². The maximum atomic E-state index is 6.07. The van der Waals surface area contributed by atoms with Crippen LogP contribution in [0.2, 0.25) is 0 Å². The minimum Gasteiger partial charge on any atom is -0.383 e.